The van der Waals surface area contributed by atoms with Crippen molar-refractivity contribution >= 4 is 33.8 Å². The third kappa shape index (κ3) is 6.64. The van der Waals surface area contributed by atoms with Gasteiger partial charge >= 0.3 is 0 Å². The molecule has 9 aromatic rings. The molecule has 3 aliphatic rings. The van der Waals surface area contributed by atoms with Crippen LogP contribution in [0.15, 0.2) is 228 Å². The Hall–Kier alpha value is -7.82. The minimum atomic E-state index is -0.611. The first-order chi connectivity index (χ1) is 34.2. The molecule has 0 radical (unpaired) electrons. The highest BCUT2D eigenvalue weighted by Crippen LogP contribution is 2.60. The van der Waals surface area contributed by atoms with E-state index in [0.717, 1.165) is 34.2 Å². The highest BCUT2D eigenvalue weighted by Gasteiger charge is 2.52. The first-order valence-electron chi connectivity index (χ1n) is 25.2. The zero-order valence-corrected chi connectivity index (χ0v) is 42.1. The molecule has 0 saturated carbocycles. The van der Waals surface area contributed by atoms with Gasteiger partial charge in [-0.1, -0.05) is 182 Å². The molecule has 2 aliphatic heterocycles. The van der Waals surface area contributed by atoms with Crippen molar-refractivity contribution in [3.63, 3.8) is 0 Å². The molecule has 0 amide bonds. The van der Waals surface area contributed by atoms with E-state index >= 15 is 0 Å². The van der Waals surface area contributed by atoms with E-state index in [2.05, 4.69) is 284 Å². The predicted molar refractivity (Wildman–Crippen MR) is 299 cm³/mol. The fraction of sp³-hybridized carbons (Fsp3) is 0.194. The SMILES string of the molecule is CC1(C)N=C(c2ccccc2)N(c2ccc(-c3ccc4c(c3)C(c3ccccc3)(c3ccccc3)c3cc(-c5ccc(N6C(c7ccccc7)=NC(C)(C)C6(C)C)cc5)c5ccccc5c3-4)cc2)C1(C)C. The van der Waals surface area contributed by atoms with Crippen molar-refractivity contribution in [1.82, 2.24) is 0 Å². The summed E-state index contributed by atoms with van der Waals surface area (Å²) in [5.74, 6) is 2.01. The van der Waals surface area contributed by atoms with Crippen molar-refractivity contribution in [2.75, 3.05) is 9.80 Å². The second kappa shape index (κ2) is 16.1. The third-order valence-corrected chi connectivity index (χ3v) is 16.8. The second-order valence-corrected chi connectivity index (χ2v) is 21.7. The number of amidine groups is 2. The van der Waals surface area contributed by atoms with Crippen molar-refractivity contribution < 1.29 is 0 Å². The maximum Gasteiger partial charge on any atom is 0.136 e. The minimum absolute atomic E-state index is 0.254. The van der Waals surface area contributed by atoms with Gasteiger partial charge in [0.15, 0.2) is 0 Å². The molecule has 0 bridgehead atoms. The molecular formula is C67H60N4. The fourth-order valence-electron chi connectivity index (χ4n) is 11.8. The predicted octanol–water partition coefficient (Wildman–Crippen LogP) is 16.2. The van der Waals surface area contributed by atoms with E-state index in [9.17, 15) is 0 Å². The quantitative estimate of drug-likeness (QED) is 0.152. The van der Waals surface area contributed by atoms with Gasteiger partial charge in [-0.05, 0) is 158 Å². The number of benzene rings is 9. The summed E-state index contributed by atoms with van der Waals surface area (Å²) >= 11 is 0. The van der Waals surface area contributed by atoms with Crippen LogP contribution in [0.1, 0.15) is 88.8 Å². The van der Waals surface area contributed by atoms with Crippen molar-refractivity contribution in [1.29, 1.82) is 0 Å². The van der Waals surface area contributed by atoms with E-state index in [0.29, 0.717) is 0 Å². The Morgan fingerprint density at radius 2 is 0.732 bits per heavy atom. The number of anilines is 2. The Morgan fingerprint density at radius 1 is 0.324 bits per heavy atom. The molecule has 0 spiro atoms. The zero-order valence-electron chi connectivity index (χ0n) is 42.1. The Bertz CT molecular complexity index is 3510. The second-order valence-electron chi connectivity index (χ2n) is 21.7. The van der Waals surface area contributed by atoms with E-state index in [1.54, 1.807) is 0 Å². The molecular weight excluding hydrogens is 861 g/mol. The van der Waals surface area contributed by atoms with Gasteiger partial charge in [0.2, 0.25) is 0 Å². The standard InChI is InChI=1S/C67H60N4/c1-63(2)65(5,6)70(61(68-63)47-23-13-9-14-24-47)52-38-33-45(34-39-52)49-37-42-56-58(43-49)67(50-27-17-11-18-28-50,51-29-19-12-20-30-51)59-44-57(54-31-21-22-32-55(54)60(56)59)46-35-40-53(41-36-46)71-62(48-25-15-10-16-26-48)69-64(3,4)66(71,7)8/h9-44H,1-8H3. The molecule has 0 fully saturated rings. The largest absolute Gasteiger partial charge is 0.318 e. The van der Waals surface area contributed by atoms with E-state index in [1.165, 1.54) is 66.4 Å². The van der Waals surface area contributed by atoms with E-state index in [4.69, 9.17) is 9.98 Å². The maximum atomic E-state index is 5.36. The molecule has 4 heteroatoms. The summed E-state index contributed by atoms with van der Waals surface area (Å²) in [4.78, 5) is 15.6. The molecule has 9 aromatic carbocycles. The first-order valence-corrected chi connectivity index (χ1v) is 25.2. The summed E-state index contributed by atoms with van der Waals surface area (Å²) in [6.45, 7) is 18.2. The Kier molecular flexibility index (Phi) is 10.1. The smallest absolute Gasteiger partial charge is 0.136 e. The normalized spacial score (nSPS) is 17.7. The molecule has 0 unspecified atom stereocenters. The summed E-state index contributed by atoms with van der Waals surface area (Å²) in [7, 11) is 0. The molecule has 0 saturated heterocycles. The van der Waals surface area contributed by atoms with Crippen molar-refractivity contribution in [3.8, 4) is 33.4 Å². The van der Waals surface area contributed by atoms with Crippen LogP contribution in [0, 0.1) is 0 Å². The highest BCUT2D eigenvalue weighted by atomic mass is 15.3. The van der Waals surface area contributed by atoms with E-state index < -0.39 is 5.41 Å². The molecule has 348 valence electrons. The monoisotopic (exact) mass is 920 g/mol. The van der Waals surface area contributed by atoms with Crippen LogP contribution >= 0.6 is 0 Å². The molecule has 1 aliphatic carbocycles. The first kappa shape index (κ1) is 44.4. The van der Waals surface area contributed by atoms with Gasteiger partial charge in [-0.3, -0.25) is 9.98 Å². The lowest BCUT2D eigenvalue weighted by Crippen LogP contribution is -2.53. The fourth-order valence-corrected chi connectivity index (χ4v) is 11.8. The van der Waals surface area contributed by atoms with Crippen molar-refractivity contribution in [3.05, 3.63) is 252 Å². The Balaban J connectivity index is 1.02. The van der Waals surface area contributed by atoms with Gasteiger partial charge in [-0.25, -0.2) is 0 Å². The summed E-state index contributed by atoms with van der Waals surface area (Å²) in [6, 6.07) is 80.8. The molecule has 12 rings (SSSR count). The van der Waals surface area contributed by atoms with Gasteiger partial charge in [0.1, 0.15) is 11.7 Å². The van der Waals surface area contributed by atoms with E-state index in [1.807, 2.05) is 0 Å². The van der Waals surface area contributed by atoms with Gasteiger partial charge in [0.05, 0.1) is 27.6 Å². The summed E-state index contributed by atoms with van der Waals surface area (Å²) < 4.78 is 0. The van der Waals surface area contributed by atoms with Crippen LogP contribution in [-0.4, -0.2) is 33.8 Å². The van der Waals surface area contributed by atoms with Crippen LogP contribution in [0.3, 0.4) is 0 Å². The topological polar surface area (TPSA) is 31.2 Å². The number of aliphatic imine (C=N–C) groups is 2. The Morgan fingerprint density at radius 3 is 1.21 bits per heavy atom. The van der Waals surface area contributed by atoms with Crippen LogP contribution in [0.4, 0.5) is 11.4 Å². The van der Waals surface area contributed by atoms with Gasteiger partial charge in [-0.2, -0.15) is 0 Å². The van der Waals surface area contributed by atoms with Crippen molar-refractivity contribution in [2.24, 2.45) is 9.98 Å². The molecule has 0 N–H and O–H groups in total. The van der Waals surface area contributed by atoms with Crippen LogP contribution in [0.25, 0.3) is 44.2 Å². The van der Waals surface area contributed by atoms with Crippen LogP contribution in [-0.2, 0) is 5.41 Å². The Labute approximate surface area is 419 Å². The maximum absolute atomic E-state index is 5.36. The highest BCUT2D eigenvalue weighted by molar-refractivity contribution is 6.14. The van der Waals surface area contributed by atoms with Gasteiger partial charge < -0.3 is 9.80 Å². The molecule has 2 heterocycles. The number of hydrogen-bond acceptors (Lipinski definition) is 4. The zero-order chi connectivity index (χ0) is 48.9. The third-order valence-electron chi connectivity index (χ3n) is 16.8. The van der Waals surface area contributed by atoms with Gasteiger partial charge in [-0.15, -0.1) is 0 Å². The van der Waals surface area contributed by atoms with Gasteiger partial charge in [0.25, 0.3) is 0 Å². The van der Waals surface area contributed by atoms with Crippen LogP contribution in [0.2, 0.25) is 0 Å². The molecule has 4 nitrogen and oxygen atoms in total. The molecule has 0 aromatic heterocycles. The lowest BCUT2D eigenvalue weighted by atomic mass is 9.67. The number of rotatable bonds is 8. The average molecular weight is 921 g/mol. The molecule has 0 atom stereocenters. The van der Waals surface area contributed by atoms with Crippen molar-refractivity contribution in [2.45, 2.75) is 83.0 Å². The number of fused-ring (bicyclic) bond motifs is 5. The minimum Gasteiger partial charge on any atom is -0.318 e. The summed E-state index contributed by atoms with van der Waals surface area (Å²) in [6.07, 6.45) is 0. The van der Waals surface area contributed by atoms with E-state index in [-0.39, 0.29) is 22.2 Å². The van der Waals surface area contributed by atoms with Crippen LogP contribution in [0.5, 0.6) is 0 Å². The lowest BCUT2D eigenvalue weighted by Gasteiger charge is -2.41. The number of hydrogen-bond donors (Lipinski definition) is 0. The summed E-state index contributed by atoms with van der Waals surface area (Å²) in [5.41, 5.74) is 15.2. The lowest BCUT2D eigenvalue weighted by molar-refractivity contribution is 0.338. The van der Waals surface area contributed by atoms with Gasteiger partial charge in [0, 0.05) is 22.5 Å². The van der Waals surface area contributed by atoms with Crippen LogP contribution < -0.4 is 9.80 Å². The average Bonchev–Trinajstić information content (AvgIpc) is 3.88. The summed E-state index contributed by atoms with van der Waals surface area (Å²) in [5, 5.41) is 2.49. The number of nitrogens with zero attached hydrogens (tertiary/aromatic N) is 4. The molecule has 71 heavy (non-hydrogen) atoms.